The van der Waals surface area contributed by atoms with Gasteiger partial charge in [-0.1, -0.05) is 0 Å². The standard InChI is InChI=1S/C20H17F3N8O2/c1-9-4-11(20(21,22)23)8-24-16(9)28-14-6-15(26-12-2-3-12)31-17(29-14)10(7-25-31)5-13-18(32)30-19(33)27-13/h4-8,12,32H,2-3H2,1H3,(H,24,28)(H2,27,30,33). The lowest BCUT2D eigenvalue weighted by atomic mass is 10.2. The first kappa shape index (κ1) is 20.7. The summed E-state index contributed by atoms with van der Waals surface area (Å²) >= 11 is 0. The lowest BCUT2D eigenvalue weighted by molar-refractivity contribution is -0.137. The van der Waals surface area contributed by atoms with Crippen LogP contribution in [0.25, 0.3) is 11.7 Å². The monoisotopic (exact) mass is 458 g/mol. The number of anilines is 2. The van der Waals surface area contributed by atoms with Gasteiger partial charge in [-0.2, -0.15) is 22.8 Å². The maximum absolute atomic E-state index is 13.0. The normalized spacial score (nSPS) is 15.5. The Balaban J connectivity index is 1.63. The summed E-state index contributed by atoms with van der Waals surface area (Å²) in [5, 5.41) is 17.6. The quantitative estimate of drug-likeness (QED) is 0.366. The molecule has 0 aromatic carbocycles. The Bertz CT molecular complexity index is 1550. The number of pyridine rings is 1. The second kappa shape index (κ2) is 7.46. The van der Waals surface area contributed by atoms with Crippen LogP contribution in [-0.4, -0.2) is 40.7 Å². The Morgan fingerprint density at radius 1 is 1.27 bits per heavy atom. The fourth-order valence-corrected chi connectivity index (χ4v) is 3.24. The fourth-order valence-electron chi connectivity index (χ4n) is 3.24. The maximum Gasteiger partial charge on any atom is 0.417 e. The first-order valence-electron chi connectivity index (χ1n) is 9.94. The third kappa shape index (κ3) is 4.16. The first-order valence-corrected chi connectivity index (χ1v) is 9.94. The number of hydrogen-bond acceptors (Lipinski definition) is 7. The molecule has 4 aromatic rings. The van der Waals surface area contributed by atoms with Gasteiger partial charge >= 0.3 is 11.9 Å². The number of aromatic hydroxyl groups is 1. The molecular formula is C20H17F3N8O2. The zero-order chi connectivity index (χ0) is 23.3. The molecular weight excluding hydrogens is 441 g/mol. The van der Waals surface area contributed by atoms with Crippen LogP contribution in [-0.2, 0) is 6.18 Å². The minimum absolute atomic E-state index is 0.149. The number of nitrogens with one attached hydrogen (secondary N) is 3. The highest BCUT2D eigenvalue weighted by Crippen LogP contribution is 2.31. The predicted octanol–water partition coefficient (Wildman–Crippen LogP) is 1.53. The number of imidazole rings is 1. The number of fused-ring (bicyclic) bond motifs is 1. The topological polar surface area (TPSA) is 136 Å². The summed E-state index contributed by atoms with van der Waals surface area (Å²) in [5.41, 5.74) is -0.102. The number of rotatable bonds is 4. The van der Waals surface area contributed by atoms with Crippen molar-refractivity contribution in [3.8, 4) is 5.88 Å². The molecule has 0 spiro atoms. The van der Waals surface area contributed by atoms with Gasteiger partial charge in [0.05, 0.1) is 17.8 Å². The van der Waals surface area contributed by atoms with Crippen molar-refractivity contribution < 1.29 is 18.3 Å². The molecule has 1 aliphatic rings. The van der Waals surface area contributed by atoms with Gasteiger partial charge in [-0.25, -0.2) is 14.8 Å². The SMILES string of the molecule is Cc1cc(C(F)(F)F)cnc1Nc1cc(=NC2CC2)n2ncc(=Cc3[nH]c(=O)[nH]c3O)c2n1. The van der Waals surface area contributed by atoms with Gasteiger partial charge in [0.15, 0.2) is 11.1 Å². The molecule has 10 nitrogen and oxygen atoms in total. The third-order valence-electron chi connectivity index (χ3n) is 5.03. The van der Waals surface area contributed by atoms with Gasteiger partial charge < -0.3 is 15.4 Å². The zero-order valence-corrected chi connectivity index (χ0v) is 17.1. The fraction of sp³-hybridized carbons (Fsp3) is 0.250. The Hall–Kier alpha value is -4.16. The largest absolute Gasteiger partial charge is 0.493 e. The lowest BCUT2D eigenvalue weighted by Crippen LogP contribution is -2.20. The molecule has 0 unspecified atom stereocenters. The minimum Gasteiger partial charge on any atom is -0.493 e. The van der Waals surface area contributed by atoms with E-state index in [4.69, 9.17) is 0 Å². The molecule has 1 saturated carbocycles. The van der Waals surface area contributed by atoms with Crippen molar-refractivity contribution >= 4 is 23.4 Å². The van der Waals surface area contributed by atoms with E-state index in [2.05, 4.69) is 35.3 Å². The van der Waals surface area contributed by atoms with Crippen molar-refractivity contribution in [3.05, 3.63) is 62.5 Å². The van der Waals surface area contributed by atoms with Crippen molar-refractivity contribution in [2.75, 3.05) is 5.32 Å². The highest BCUT2D eigenvalue weighted by atomic mass is 19.4. The van der Waals surface area contributed by atoms with Gasteiger partial charge in [0.2, 0.25) is 5.88 Å². The molecule has 4 N–H and O–H groups in total. The molecule has 0 saturated heterocycles. The van der Waals surface area contributed by atoms with Gasteiger partial charge in [0, 0.05) is 17.5 Å². The first-order chi connectivity index (χ1) is 15.7. The summed E-state index contributed by atoms with van der Waals surface area (Å²) in [7, 11) is 0. The smallest absolute Gasteiger partial charge is 0.417 e. The van der Waals surface area contributed by atoms with E-state index >= 15 is 0 Å². The Labute approximate surface area is 182 Å². The Kier molecular flexibility index (Phi) is 4.69. The minimum atomic E-state index is -4.49. The summed E-state index contributed by atoms with van der Waals surface area (Å²) in [6.45, 7) is 1.52. The van der Waals surface area contributed by atoms with Gasteiger partial charge in [0.1, 0.15) is 17.3 Å². The molecule has 0 amide bonds. The molecule has 0 bridgehead atoms. The number of aromatic nitrogens is 6. The number of nitrogens with zero attached hydrogens (tertiary/aromatic N) is 5. The van der Waals surface area contributed by atoms with E-state index in [9.17, 15) is 23.1 Å². The zero-order valence-electron chi connectivity index (χ0n) is 17.1. The second-order valence-electron chi connectivity index (χ2n) is 7.69. The van der Waals surface area contributed by atoms with Crippen molar-refractivity contribution in [2.45, 2.75) is 32.0 Å². The third-order valence-corrected chi connectivity index (χ3v) is 5.03. The van der Waals surface area contributed by atoms with Crippen molar-refractivity contribution in [1.29, 1.82) is 0 Å². The van der Waals surface area contributed by atoms with E-state index in [1.807, 2.05) is 0 Å². The predicted molar refractivity (Wildman–Crippen MR) is 111 cm³/mol. The van der Waals surface area contributed by atoms with E-state index in [-0.39, 0.29) is 23.4 Å². The van der Waals surface area contributed by atoms with E-state index < -0.39 is 17.4 Å². The summed E-state index contributed by atoms with van der Waals surface area (Å²) in [6.07, 6.45) is 1.16. The van der Waals surface area contributed by atoms with Crippen LogP contribution < -0.4 is 21.7 Å². The second-order valence-corrected chi connectivity index (χ2v) is 7.69. The molecule has 4 aromatic heterocycles. The van der Waals surface area contributed by atoms with Crippen LogP contribution in [0.15, 0.2) is 34.3 Å². The molecule has 4 heterocycles. The number of aryl methyl sites for hydroxylation is 1. The molecule has 0 aliphatic heterocycles. The van der Waals surface area contributed by atoms with Crippen LogP contribution in [0.1, 0.15) is 29.7 Å². The van der Waals surface area contributed by atoms with Crippen LogP contribution in [0.3, 0.4) is 0 Å². The highest BCUT2D eigenvalue weighted by Gasteiger charge is 2.31. The Morgan fingerprint density at radius 3 is 2.70 bits per heavy atom. The van der Waals surface area contributed by atoms with Crippen molar-refractivity contribution in [2.24, 2.45) is 4.99 Å². The average Bonchev–Trinajstić information content (AvgIpc) is 3.37. The van der Waals surface area contributed by atoms with Crippen molar-refractivity contribution in [1.82, 2.24) is 29.5 Å². The molecule has 170 valence electrons. The van der Waals surface area contributed by atoms with Gasteiger partial charge in [-0.3, -0.25) is 9.98 Å². The molecule has 0 atom stereocenters. The van der Waals surface area contributed by atoms with Gasteiger partial charge in [-0.05, 0) is 37.5 Å². The van der Waals surface area contributed by atoms with Crippen LogP contribution in [0.4, 0.5) is 24.8 Å². The van der Waals surface area contributed by atoms with Crippen LogP contribution in [0.5, 0.6) is 5.88 Å². The number of halogens is 3. The highest BCUT2D eigenvalue weighted by molar-refractivity contribution is 5.61. The van der Waals surface area contributed by atoms with Crippen LogP contribution in [0.2, 0.25) is 0 Å². The number of aromatic amines is 2. The number of alkyl halides is 3. The molecule has 0 radical (unpaired) electrons. The summed E-state index contributed by atoms with van der Waals surface area (Å²) in [6, 6.07) is 2.80. The average molecular weight is 458 g/mol. The van der Waals surface area contributed by atoms with Crippen LogP contribution in [0, 0.1) is 6.92 Å². The van der Waals surface area contributed by atoms with E-state index in [0.717, 1.165) is 25.1 Å². The molecule has 1 fully saturated rings. The maximum atomic E-state index is 13.0. The molecule has 5 rings (SSSR count). The summed E-state index contributed by atoms with van der Waals surface area (Å²) in [5.74, 6) is 0.190. The number of hydrogen-bond donors (Lipinski definition) is 4. The van der Waals surface area contributed by atoms with E-state index in [1.54, 1.807) is 6.07 Å². The van der Waals surface area contributed by atoms with Crippen LogP contribution >= 0.6 is 0 Å². The molecule has 1 aliphatic carbocycles. The van der Waals surface area contributed by atoms with E-state index in [0.29, 0.717) is 27.7 Å². The Morgan fingerprint density at radius 2 is 2.06 bits per heavy atom. The summed E-state index contributed by atoms with van der Waals surface area (Å²) < 4.78 is 40.4. The molecule has 13 heteroatoms. The van der Waals surface area contributed by atoms with E-state index in [1.165, 1.54) is 23.7 Å². The van der Waals surface area contributed by atoms with Crippen molar-refractivity contribution in [3.63, 3.8) is 0 Å². The van der Waals surface area contributed by atoms with Gasteiger partial charge in [-0.15, -0.1) is 0 Å². The number of H-pyrrole nitrogens is 2. The lowest BCUT2D eigenvalue weighted by Gasteiger charge is -2.11. The molecule has 33 heavy (non-hydrogen) atoms. The summed E-state index contributed by atoms with van der Waals surface area (Å²) in [4.78, 5) is 29.2. The van der Waals surface area contributed by atoms with Gasteiger partial charge in [0.25, 0.3) is 0 Å².